The smallest absolute Gasteiger partial charge is 0.130 e. The summed E-state index contributed by atoms with van der Waals surface area (Å²) < 4.78 is 5.79. The van der Waals surface area contributed by atoms with E-state index in [-0.39, 0.29) is 0 Å². The van der Waals surface area contributed by atoms with Crippen molar-refractivity contribution in [3.8, 4) is 5.75 Å². The van der Waals surface area contributed by atoms with Gasteiger partial charge in [-0.05, 0) is 48.7 Å². The van der Waals surface area contributed by atoms with Gasteiger partial charge >= 0.3 is 0 Å². The predicted molar refractivity (Wildman–Crippen MR) is 86.5 cm³/mol. The zero-order valence-corrected chi connectivity index (χ0v) is 13.3. The average molecular weight is 284 g/mol. The number of hydrogen-bond donors (Lipinski definition) is 1. The molecule has 1 aromatic carbocycles. The molecule has 0 unspecified atom stereocenters. The van der Waals surface area contributed by atoms with Gasteiger partial charge in [0.15, 0.2) is 0 Å². The molecular formula is C18H24N2O. The minimum Gasteiger partial charge on any atom is -0.487 e. The number of benzene rings is 1. The predicted octanol–water partition coefficient (Wildman–Crippen LogP) is 3.78. The van der Waals surface area contributed by atoms with Gasteiger partial charge in [0, 0.05) is 18.8 Å². The quantitative estimate of drug-likeness (QED) is 0.876. The third kappa shape index (κ3) is 4.87. The van der Waals surface area contributed by atoms with Crippen molar-refractivity contribution in [2.24, 2.45) is 0 Å². The summed E-state index contributed by atoms with van der Waals surface area (Å²) in [7, 11) is 0. The third-order valence-electron chi connectivity index (χ3n) is 3.47. The van der Waals surface area contributed by atoms with Crippen LogP contribution in [0, 0.1) is 13.8 Å². The molecule has 0 saturated heterocycles. The van der Waals surface area contributed by atoms with Gasteiger partial charge in [-0.25, -0.2) is 0 Å². The highest BCUT2D eigenvalue weighted by Gasteiger charge is 2.01. The van der Waals surface area contributed by atoms with Crippen molar-refractivity contribution in [2.45, 2.75) is 46.9 Å². The topological polar surface area (TPSA) is 34.1 Å². The van der Waals surface area contributed by atoms with Crippen molar-refractivity contribution in [1.29, 1.82) is 0 Å². The van der Waals surface area contributed by atoms with Gasteiger partial charge in [-0.1, -0.05) is 26.0 Å². The Bertz CT molecular complexity index is 576. The lowest BCUT2D eigenvalue weighted by Crippen LogP contribution is -2.21. The Morgan fingerprint density at radius 3 is 2.52 bits per heavy atom. The summed E-state index contributed by atoms with van der Waals surface area (Å²) in [5.41, 5.74) is 4.67. The number of pyridine rings is 1. The molecule has 0 aliphatic carbocycles. The highest BCUT2D eigenvalue weighted by molar-refractivity contribution is 5.33. The molecule has 0 atom stereocenters. The molecular weight excluding hydrogens is 260 g/mol. The fourth-order valence-corrected chi connectivity index (χ4v) is 1.93. The van der Waals surface area contributed by atoms with Crippen LogP contribution in [0.4, 0.5) is 0 Å². The molecule has 21 heavy (non-hydrogen) atoms. The van der Waals surface area contributed by atoms with E-state index in [2.05, 4.69) is 56.2 Å². The molecule has 0 saturated carbocycles. The van der Waals surface area contributed by atoms with Gasteiger partial charge < -0.3 is 10.1 Å². The van der Waals surface area contributed by atoms with Gasteiger partial charge in [0.1, 0.15) is 12.4 Å². The molecule has 3 nitrogen and oxygen atoms in total. The van der Waals surface area contributed by atoms with Gasteiger partial charge in [0.2, 0.25) is 0 Å². The van der Waals surface area contributed by atoms with Crippen LogP contribution in [-0.4, -0.2) is 11.0 Å². The zero-order chi connectivity index (χ0) is 15.2. The minimum absolute atomic E-state index is 0.484. The molecule has 0 aliphatic rings. The summed E-state index contributed by atoms with van der Waals surface area (Å²) in [5, 5.41) is 3.38. The Balaban J connectivity index is 1.89. The largest absolute Gasteiger partial charge is 0.487 e. The molecule has 0 aliphatic heterocycles. The lowest BCUT2D eigenvalue weighted by atomic mass is 10.1. The average Bonchev–Trinajstić information content (AvgIpc) is 2.47. The van der Waals surface area contributed by atoms with Crippen molar-refractivity contribution in [3.05, 3.63) is 58.9 Å². The summed E-state index contributed by atoms with van der Waals surface area (Å²) in [6.45, 7) is 9.82. The van der Waals surface area contributed by atoms with E-state index in [9.17, 15) is 0 Å². The maximum Gasteiger partial charge on any atom is 0.130 e. The molecule has 1 N–H and O–H groups in total. The monoisotopic (exact) mass is 284 g/mol. The highest BCUT2D eigenvalue weighted by Crippen LogP contribution is 2.17. The molecule has 1 heterocycles. The Hall–Kier alpha value is -1.87. The van der Waals surface area contributed by atoms with E-state index in [0.29, 0.717) is 12.6 Å². The number of aryl methyl sites for hydroxylation is 2. The van der Waals surface area contributed by atoms with Gasteiger partial charge in [-0.15, -0.1) is 0 Å². The van der Waals surface area contributed by atoms with E-state index in [1.807, 2.05) is 18.3 Å². The standard InChI is InChI=1S/C18H24N2O/c1-13(2)19-10-16-6-7-17(20-11-16)12-21-18-8-5-14(3)15(4)9-18/h5-9,11,13,19H,10,12H2,1-4H3. The van der Waals surface area contributed by atoms with Crippen LogP contribution < -0.4 is 10.1 Å². The third-order valence-corrected chi connectivity index (χ3v) is 3.47. The summed E-state index contributed by atoms with van der Waals surface area (Å²) in [6.07, 6.45) is 1.91. The summed E-state index contributed by atoms with van der Waals surface area (Å²) in [4.78, 5) is 4.45. The molecule has 0 spiro atoms. The Kier molecular flexibility index (Phi) is 5.34. The van der Waals surface area contributed by atoms with E-state index >= 15 is 0 Å². The number of nitrogens with zero attached hydrogens (tertiary/aromatic N) is 1. The number of ether oxygens (including phenoxy) is 1. The van der Waals surface area contributed by atoms with E-state index in [0.717, 1.165) is 18.0 Å². The van der Waals surface area contributed by atoms with Crippen molar-refractivity contribution in [2.75, 3.05) is 0 Å². The molecule has 0 fully saturated rings. The fourth-order valence-electron chi connectivity index (χ4n) is 1.93. The number of rotatable bonds is 6. The lowest BCUT2D eigenvalue weighted by Gasteiger charge is -2.10. The second-order valence-corrected chi connectivity index (χ2v) is 5.73. The molecule has 0 radical (unpaired) electrons. The van der Waals surface area contributed by atoms with E-state index in [4.69, 9.17) is 4.74 Å². The van der Waals surface area contributed by atoms with Crippen molar-refractivity contribution < 1.29 is 4.74 Å². The molecule has 2 rings (SSSR count). The number of nitrogens with one attached hydrogen (secondary N) is 1. The van der Waals surface area contributed by atoms with Crippen LogP contribution in [0.2, 0.25) is 0 Å². The molecule has 3 heteroatoms. The van der Waals surface area contributed by atoms with Crippen molar-refractivity contribution >= 4 is 0 Å². The van der Waals surface area contributed by atoms with Crippen LogP contribution in [-0.2, 0) is 13.2 Å². The van der Waals surface area contributed by atoms with Crippen LogP contribution in [0.5, 0.6) is 5.75 Å². The van der Waals surface area contributed by atoms with Crippen LogP contribution in [0.3, 0.4) is 0 Å². The SMILES string of the molecule is Cc1ccc(OCc2ccc(CNC(C)C)cn2)cc1C. The van der Waals surface area contributed by atoms with Crippen LogP contribution in [0.1, 0.15) is 36.2 Å². The first-order valence-electron chi connectivity index (χ1n) is 7.42. The van der Waals surface area contributed by atoms with Crippen molar-refractivity contribution in [1.82, 2.24) is 10.3 Å². The Morgan fingerprint density at radius 1 is 1.10 bits per heavy atom. The molecule has 0 bridgehead atoms. The Morgan fingerprint density at radius 2 is 1.90 bits per heavy atom. The van der Waals surface area contributed by atoms with Crippen LogP contribution in [0.25, 0.3) is 0 Å². The first-order valence-corrected chi connectivity index (χ1v) is 7.42. The molecule has 0 amide bonds. The fraction of sp³-hybridized carbons (Fsp3) is 0.389. The lowest BCUT2D eigenvalue weighted by molar-refractivity contribution is 0.301. The molecule has 1 aromatic heterocycles. The maximum absolute atomic E-state index is 5.79. The maximum atomic E-state index is 5.79. The van der Waals surface area contributed by atoms with Crippen molar-refractivity contribution in [3.63, 3.8) is 0 Å². The highest BCUT2D eigenvalue weighted by atomic mass is 16.5. The molecule has 112 valence electrons. The summed E-state index contributed by atoms with van der Waals surface area (Å²) >= 11 is 0. The normalized spacial score (nSPS) is 10.9. The van der Waals surface area contributed by atoms with Gasteiger partial charge in [0.25, 0.3) is 0 Å². The van der Waals surface area contributed by atoms with Gasteiger partial charge in [0.05, 0.1) is 5.69 Å². The first-order chi connectivity index (χ1) is 10.0. The first kappa shape index (κ1) is 15.5. The van der Waals surface area contributed by atoms with Gasteiger partial charge in [-0.3, -0.25) is 4.98 Å². The summed E-state index contributed by atoms with van der Waals surface area (Å²) in [5.74, 6) is 0.894. The minimum atomic E-state index is 0.484. The van der Waals surface area contributed by atoms with Gasteiger partial charge in [-0.2, -0.15) is 0 Å². The van der Waals surface area contributed by atoms with E-state index in [1.165, 1.54) is 16.7 Å². The van der Waals surface area contributed by atoms with Crippen LogP contribution >= 0.6 is 0 Å². The number of aromatic nitrogens is 1. The summed E-state index contributed by atoms with van der Waals surface area (Å²) in [6, 6.07) is 10.8. The zero-order valence-electron chi connectivity index (χ0n) is 13.3. The van der Waals surface area contributed by atoms with Crippen LogP contribution in [0.15, 0.2) is 36.5 Å². The second kappa shape index (κ2) is 7.23. The Labute approximate surface area is 127 Å². The number of hydrogen-bond acceptors (Lipinski definition) is 3. The van der Waals surface area contributed by atoms with E-state index in [1.54, 1.807) is 0 Å². The second-order valence-electron chi connectivity index (χ2n) is 5.73. The van der Waals surface area contributed by atoms with E-state index < -0.39 is 0 Å². The molecule has 2 aromatic rings.